The monoisotopic (exact) mass is 304 g/mol. The molecule has 0 aromatic rings. The number of ether oxygens (including phenoxy) is 5. The number of hydrogen-bond donors (Lipinski definition) is 1. The van der Waals surface area contributed by atoms with Gasteiger partial charge in [0.05, 0.1) is 14.2 Å². The largest absolute Gasteiger partial charge is 0.467 e. The quantitative estimate of drug-likeness (QED) is 0.491. The zero-order valence-electron chi connectivity index (χ0n) is 11.8. The number of aliphatic hydroxyl groups is 1. The molecular weight excluding hydrogens is 288 g/mol. The van der Waals surface area contributed by atoms with E-state index in [2.05, 4.69) is 9.47 Å². The summed E-state index contributed by atoms with van der Waals surface area (Å²) in [5.74, 6) is -3.34. The van der Waals surface area contributed by atoms with Gasteiger partial charge in [-0.05, 0) is 6.42 Å². The summed E-state index contributed by atoms with van der Waals surface area (Å²) >= 11 is 0. The van der Waals surface area contributed by atoms with Gasteiger partial charge in [-0.15, -0.1) is 0 Å². The van der Waals surface area contributed by atoms with Gasteiger partial charge in [-0.3, -0.25) is 0 Å². The van der Waals surface area contributed by atoms with Crippen LogP contribution in [-0.2, 0) is 38.1 Å². The molecule has 1 unspecified atom stereocenters. The third-order valence-electron chi connectivity index (χ3n) is 3.79. The van der Waals surface area contributed by atoms with Crippen LogP contribution in [0.1, 0.15) is 12.8 Å². The van der Waals surface area contributed by atoms with E-state index in [1.807, 2.05) is 0 Å². The van der Waals surface area contributed by atoms with Crippen LogP contribution in [0.4, 0.5) is 0 Å². The van der Waals surface area contributed by atoms with E-state index in [-0.39, 0.29) is 12.8 Å². The zero-order valence-corrected chi connectivity index (χ0v) is 11.8. The van der Waals surface area contributed by atoms with E-state index in [1.54, 1.807) is 0 Å². The second-order valence-corrected chi connectivity index (χ2v) is 4.72. The second kappa shape index (κ2) is 5.24. The summed E-state index contributed by atoms with van der Waals surface area (Å²) in [6.45, 7) is 0. The number of methoxy groups -OCH3 is 3. The lowest BCUT2D eigenvalue weighted by molar-refractivity contribution is -0.223. The molecule has 0 bridgehead atoms. The van der Waals surface area contributed by atoms with Crippen LogP contribution in [0.25, 0.3) is 0 Å². The summed E-state index contributed by atoms with van der Waals surface area (Å²) in [5.41, 5.74) is -4.70. The molecule has 2 aliphatic heterocycles. The van der Waals surface area contributed by atoms with E-state index in [0.29, 0.717) is 0 Å². The Balaban J connectivity index is 2.50. The van der Waals surface area contributed by atoms with Gasteiger partial charge < -0.3 is 28.8 Å². The molecule has 118 valence electrons. The normalized spacial score (nSPS) is 38.4. The van der Waals surface area contributed by atoms with Gasteiger partial charge in [0, 0.05) is 13.5 Å². The van der Waals surface area contributed by atoms with Gasteiger partial charge in [0.25, 0.3) is 5.60 Å². The Hall–Kier alpha value is -1.71. The van der Waals surface area contributed by atoms with Crippen LogP contribution in [0.5, 0.6) is 0 Å². The molecule has 0 aliphatic carbocycles. The fourth-order valence-electron chi connectivity index (χ4n) is 2.67. The van der Waals surface area contributed by atoms with E-state index in [1.165, 1.54) is 7.11 Å². The lowest BCUT2D eigenvalue weighted by Crippen LogP contribution is -2.65. The first-order chi connectivity index (χ1) is 9.87. The van der Waals surface area contributed by atoms with E-state index in [0.717, 1.165) is 14.2 Å². The van der Waals surface area contributed by atoms with Gasteiger partial charge in [-0.25, -0.2) is 14.4 Å². The molecule has 1 N–H and O–H groups in total. The van der Waals surface area contributed by atoms with Crippen molar-refractivity contribution < 1.29 is 43.2 Å². The van der Waals surface area contributed by atoms with Crippen molar-refractivity contribution in [3.63, 3.8) is 0 Å². The van der Waals surface area contributed by atoms with Gasteiger partial charge in [-0.2, -0.15) is 0 Å². The van der Waals surface area contributed by atoms with Crippen LogP contribution in [0, 0.1) is 0 Å². The molecule has 2 fully saturated rings. The van der Waals surface area contributed by atoms with Gasteiger partial charge in [0.15, 0.2) is 6.29 Å². The topological polar surface area (TPSA) is 118 Å². The Kier molecular flexibility index (Phi) is 3.91. The smallest absolute Gasteiger partial charge is 0.351 e. The fraction of sp³-hybridized carbons (Fsp3) is 0.750. The average molecular weight is 304 g/mol. The third kappa shape index (κ3) is 1.92. The summed E-state index contributed by atoms with van der Waals surface area (Å²) in [7, 11) is 3.39. The lowest BCUT2D eigenvalue weighted by Gasteiger charge is -2.33. The second-order valence-electron chi connectivity index (χ2n) is 4.72. The standard InChI is InChI=1S/C12H16O9/c1-17-6-4-5-11(21-6)9(14)20-7(8(13)18-2)12(11,16)10(15)19-3/h6-7,16H,4-5H2,1-3H3/t6?,7-,11-,12+/m0/s1. The minimum atomic E-state index is -2.64. The predicted octanol–water partition coefficient (Wildman–Crippen LogP) is -1.49. The number of hydrogen-bond acceptors (Lipinski definition) is 9. The summed E-state index contributed by atoms with van der Waals surface area (Å²) in [6.07, 6.45) is -2.51. The Morgan fingerprint density at radius 3 is 2.43 bits per heavy atom. The van der Waals surface area contributed by atoms with Crippen molar-refractivity contribution >= 4 is 17.9 Å². The average Bonchev–Trinajstić information content (AvgIpc) is 3.03. The number of cyclic esters (lactones) is 1. The predicted molar refractivity (Wildman–Crippen MR) is 62.7 cm³/mol. The SMILES string of the molecule is COC(=O)[C@@H]1OC(=O)[C@@]2(CCC(OC)O2)[C@]1(O)C(=O)OC. The van der Waals surface area contributed by atoms with E-state index in [4.69, 9.17) is 14.2 Å². The molecule has 1 spiro atoms. The molecule has 9 nitrogen and oxygen atoms in total. The van der Waals surface area contributed by atoms with Crippen molar-refractivity contribution in [2.45, 2.75) is 36.4 Å². The Morgan fingerprint density at radius 1 is 1.29 bits per heavy atom. The highest BCUT2D eigenvalue weighted by molar-refractivity contribution is 6.02. The van der Waals surface area contributed by atoms with Gasteiger partial charge in [0.1, 0.15) is 0 Å². The highest BCUT2D eigenvalue weighted by atomic mass is 16.7. The highest BCUT2D eigenvalue weighted by Gasteiger charge is 2.77. The van der Waals surface area contributed by atoms with Crippen LogP contribution in [0.15, 0.2) is 0 Å². The van der Waals surface area contributed by atoms with Gasteiger partial charge >= 0.3 is 17.9 Å². The maximum absolute atomic E-state index is 12.1. The molecule has 0 saturated carbocycles. The molecular formula is C12H16O9. The molecule has 2 heterocycles. The molecule has 0 radical (unpaired) electrons. The van der Waals surface area contributed by atoms with Gasteiger partial charge in [-0.1, -0.05) is 0 Å². The Labute approximate surface area is 120 Å². The van der Waals surface area contributed by atoms with Crippen LogP contribution < -0.4 is 0 Å². The molecule has 2 rings (SSSR count). The molecule has 2 saturated heterocycles. The van der Waals surface area contributed by atoms with Crippen LogP contribution in [0.3, 0.4) is 0 Å². The fourth-order valence-corrected chi connectivity index (χ4v) is 2.67. The molecule has 9 heteroatoms. The summed E-state index contributed by atoms with van der Waals surface area (Å²) in [6, 6.07) is 0. The molecule has 0 amide bonds. The molecule has 21 heavy (non-hydrogen) atoms. The summed E-state index contributed by atoms with van der Waals surface area (Å²) in [5, 5.41) is 10.8. The summed E-state index contributed by atoms with van der Waals surface area (Å²) in [4.78, 5) is 35.9. The lowest BCUT2D eigenvalue weighted by atomic mass is 9.79. The molecule has 0 aromatic heterocycles. The minimum absolute atomic E-state index is 0.0660. The Morgan fingerprint density at radius 2 is 1.95 bits per heavy atom. The van der Waals surface area contributed by atoms with Crippen LogP contribution in [0.2, 0.25) is 0 Å². The van der Waals surface area contributed by atoms with E-state index < -0.39 is 41.5 Å². The zero-order chi connectivity index (χ0) is 15.8. The molecule has 0 aromatic carbocycles. The highest BCUT2D eigenvalue weighted by Crippen LogP contribution is 2.48. The van der Waals surface area contributed by atoms with Crippen molar-refractivity contribution in [2.24, 2.45) is 0 Å². The van der Waals surface area contributed by atoms with Crippen molar-refractivity contribution in [1.82, 2.24) is 0 Å². The minimum Gasteiger partial charge on any atom is -0.467 e. The molecule has 4 atom stereocenters. The first-order valence-corrected chi connectivity index (χ1v) is 6.17. The molecule has 2 aliphatic rings. The Bertz CT molecular complexity index is 475. The third-order valence-corrected chi connectivity index (χ3v) is 3.79. The van der Waals surface area contributed by atoms with Crippen LogP contribution >= 0.6 is 0 Å². The first-order valence-electron chi connectivity index (χ1n) is 6.17. The van der Waals surface area contributed by atoms with Crippen molar-refractivity contribution in [3.8, 4) is 0 Å². The van der Waals surface area contributed by atoms with E-state index >= 15 is 0 Å². The number of carbonyl (C=O) groups is 3. The van der Waals surface area contributed by atoms with Crippen molar-refractivity contribution in [3.05, 3.63) is 0 Å². The number of esters is 3. The first kappa shape index (κ1) is 15.7. The number of carbonyl (C=O) groups excluding carboxylic acids is 3. The van der Waals surface area contributed by atoms with Crippen LogP contribution in [-0.4, -0.2) is 67.9 Å². The van der Waals surface area contributed by atoms with Gasteiger partial charge in [0.2, 0.25) is 11.7 Å². The maximum atomic E-state index is 12.1. The van der Waals surface area contributed by atoms with E-state index in [9.17, 15) is 19.5 Å². The summed E-state index contributed by atoms with van der Waals surface area (Å²) < 4.78 is 24.2. The maximum Gasteiger partial charge on any atom is 0.351 e. The number of rotatable bonds is 3. The van der Waals surface area contributed by atoms with Crippen molar-refractivity contribution in [2.75, 3.05) is 21.3 Å². The van der Waals surface area contributed by atoms with Crippen molar-refractivity contribution in [1.29, 1.82) is 0 Å².